The largest absolute Gasteiger partial charge is 0.324 e. The predicted molar refractivity (Wildman–Crippen MR) is 83.3 cm³/mol. The maximum Gasteiger partial charge on any atom is 0.248 e. The second kappa shape index (κ2) is 6.53. The van der Waals surface area contributed by atoms with E-state index >= 15 is 0 Å². The number of anilines is 1. The van der Waals surface area contributed by atoms with Gasteiger partial charge in [0.1, 0.15) is 12.4 Å². The van der Waals surface area contributed by atoms with E-state index in [1.807, 2.05) is 0 Å². The first-order valence-corrected chi connectivity index (χ1v) is 7.07. The number of benzene rings is 2. The summed E-state index contributed by atoms with van der Waals surface area (Å²) in [4.78, 5) is 13.1. The van der Waals surface area contributed by atoms with Gasteiger partial charge in [-0.15, -0.1) is 10.2 Å². The van der Waals surface area contributed by atoms with E-state index in [0.717, 1.165) is 0 Å². The van der Waals surface area contributed by atoms with E-state index in [2.05, 4.69) is 20.7 Å². The Hall–Kier alpha value is -2.80. The normalized spacial score (nSPS) is 10.5. The molecule has 0 aliphatic heterocycles. The molecule has 1 amide bonds. The van der Waals surface area contributed by atoms with Crippen LogP contribution in [-0.2, 0) is 11.3 Å². The van der Waals surface area contributed by atoms with Crippen LogP contribution in [-0.4, -0.2) is 26.1 Å². The van der Waals surface area contributed by atoms with Crippen molar-refractivity contribution in [3.8, 4) is 11.4 Å². The minimum atomic E-state index is -0.345. The van der Waals surface area contributed by atoms with Gasteiger partial charge in [-0.05, 0) is 47.7 Å². The molecular formula is C15H11ClFN5O. The fraction of sp³-hybridized carbons (Fsp3) is 0.0667. The molecule has 2 aromatic carbocycles. The number of nitrogens with zero attached hydrogens (tertiary/aromatic N) is 4. The number of rotatable bonds is 4. The summed E-state index contributed by atoms with van der Waals surface area (Å²) in [7, 11) is 0. The smallest absolute Gasteiger partial charge is 0.248 e. The van der Waals surface area contributed by atoms with Crippen LogP contribution < -0.4 is 5.32 Å². The number of hydrogen-bond acceptors (Lipinski definition) is 4. The highest BCUT2D eigenvalue weighted by molar-refractivity contribution is 6.30. The molecule has 0 bridgehead atoms. The Morgan fingerprint density at radius 3 is 2.74 bits per heavy atom. The first-order valence-electron chi connectivity index (χ1n) is 6.69. The topological polar surface area (TPSA) is 72.7 Å². The maximum absolute atomic E-state index is 12.9. The number of hydrogen-bond donors (Lipinski definition) is 1. The van der Waals surface area contributed by atoms with Gasteiger partial charge in [0.15, 0.2) is 0 Å². The van der Waals surface area contributed by atoms with Crippen LogP contribution in [0, 0.1) is 5.82 Å². The lowest BCUT2D eigenvalue weighted by Crippen LogP contribution is -2.20. The summed E-state index contributed by atoms with van der Waals surface area (Å²) < 4.78 is 12.9. The molecule has 0 fully saturated rings. The lowest BCUT2D eigenvalue weighted by molar-refractivity contribution is -0.117. The van der Waals surface area contributed by atoms with Crippen LogP contribution in [0.5, 0.6) is 0 Å². The Morgan fingerprint density at radius 1 is 1.22 bits per heavy atom. The van der Waals surface area contributed by atoms with Crippen LogP contribution in [0.4, 0.5) is 10.1 Å². The number of aromatic nitrogens is 4. The monoisotopic (exact) mass is 331 g/mol. The second-order valence-electron chi connectivity index (χ2n) is 4.71. The van der Waals surface area contributed by atoms with E-state index < -0.39 is 0 Å². The van der Waals surface area contributed by atoms with E-state index in [-0.39, 0.29) is 18.3 Å². The molecular weight excluding hydrogens is 321 g/mol. The van der Waals surface area contributed by atoms with Gasteiger partial charge in [0.05, 0.1) is 0 Å². The zero-order chi connectivity index (χ0) is 16.2. The van der Waals surface area contributed by atoms with Crippen LogP contribution in [0.1, 0.15) is 0 Å². The third-order valence-corrected chi connectivity index (χ3v) is 3.18. The SMILES string of the molecule is O=C(Cn1nnc(-c2ccc(F)cc2)n1)Nc1cccc(Cl)c1. The molecule has 0 unspecified atom stereocenters. The summed E-state index contributed by atoms with van der Waals surface area (Å²) in [6.45, 7) is -0.0965. The van der Waals surface area contributed by atoms with Gasteiger partial charge in [-0.2, -0.15) is 4.80 Å². The van der Waals surface area contributed by atoms with Crippen molar-refractivity contribution >= 4 is 23.2 Å². The Morgan fingerprint density at radius 2 is 2.00 bits per heavy atom. The zero-order valence-corrected chi connectivity index (χ0v) is 12.5. The van der Waals surface area contributed by atoms with Gasteiger partial charge < -0.3 is 5.32 Å². The van der Waals surface area contributed by atoms with Crippen LogP contribution in [0.2, 0.25) is 5.02 Å². The Bertz CT molecular complexity index is 834. The Kier molecular flexibility index (Phi) is 4.29. The molecule has 1 heterocycles. The van der Waals surface area contributed by atoms with Crippen molar-refractivity contribution in [3.63, 3.8) is 0 Å². The molecule has 0 saturated heterocycles. The van der Waals surface area contributed by atoms with E-state index in [1.165, 1.54) is 16.9 Å². The number of tetrazole rings is 1. The predicted octanol–water partition coefficient (Wildman–Crippen LogP) is 2.77. The summed E-state index contributed by atoms with van der Waals surface area (Å²) >= 11 is 5.85. The molecule has 3 aromatic rings. The first kappa shape index (κ1) is 15.1. The summed E-state index contributed by atoms with van der Waals surface area (Å²) in [5.41, 5.74) is 1.20. The molecule has 8 heteroatoms. The highest BCUT2D eigenvalue weighted by atomic mass is 35.5. The molecule has 23 heavy (non-hydrogen) atoms. The van der Waals surface area contributed by atoms with Crippen LogP contribution in [0.3, 0.4) is 0 Å². The summed E-state index contributed by atoms with van der Waals surface area (Å²) in [6.07, 6.45) is 0. The number of halogens is 2. The van der Waals surface area contributed by atoms with E-state index in [9.17, 15) is 9.18 Å². The maximum atomic E-state index is 12.9. The van der Waals surface area contributed by atoms with Crippen molar-refractivity contribution < 1.29 is 9.18 Å². The standard InChI is InChI=1S/C15H11ClFN5O/c16-11-2-1-3-13(8-11)18-14(23)9-22-20-15(19-21-22)10-4-6-12(17)7-5-10/h1-8H,9H2,(H,18,23). The van der Waals surface area contributed by atoms with Gasteiger partial charge in [-0.3, -0.25) is 4.79 Å². The van der Waals surface area contributed by atoms with Crippen LogP contribution in [0.25, 0.3) is 11.4 Å². The Balaban J connectivity index is 1.66. The van der Waals surface area contributed by atoms with Crippen molar-refractivity contribution in [1.82, 2.24) is 20.2 Å². The summed E-state index contributed by atoms with van der Waals surface area (Å²) in [6, 6.07) is 12.5. The molecule has 0 spiro atoms. The lowest BCUT2D eigenvalue weighted by Gasteiger charge is -2.04. The van der Waals surface area contributed by atoms with E-state index in [0.29, 0.717) is 22.1 Å². The van der Waals surface area contributed by atoms with Crippen LogP contribution >= 0.6 is 11.6 Å². The molecule has 3 rings (SSSR count). The second-order valence-corrected chi connectivity index (χ2v) is 5.15. The number of nitrogens with one attached hydrogen (secondary N) is 1. The highest BCUT2D eigenvalue weighted by Crippen LogP contribution is 2.15. The summed E-state index contributed by atoms with van der Waals surface area (Å²) in [5.74, 6) is -0.335. The highest BCUT2D eigenvalue weighted by Gasteiger charge is 2.10. The molecule has 1 N–H and O–H groups in total. The number of amides is 1. The fourth-order valence-electron chi connectivity index (χ4n) is 1.92. The van der Waals surface area contributed by atoms with Crippen molar-refractivity contribution in [2.45, 2.75) is 6.54 Å². The van der Waals surface area contributed by atoms with Gasteiger partial charge >= 0.3 is 0 Å². The van der Waals surface area contributed by atoms with Crippen molar-refractivity contribution in [3.05, 3.63) is 59.4 Å². The average molecular weight is 332 g/mol. The molecule has 0 saturated carbocycles. The van der Waals surface area contributed by atoms with Gasteiger partial charge in [0.2, 0.25) is 11.7 Å². The van der Waals surface area contributed by atoms with Gasteiger partial charge in [-0.25, -0.2) is 4.39 Å². The molecule has 116 valence electrons. The third-order valence-electron chi connectivity index (χ3n) is 2.95. The zero-order valence-electron chi connectivity index (χ0n) is 11.8. The van der Waals surface area contributed by atoms with Crippen LogP contribution in [0.15, 0.2) is 48.5 Å². The Labute approximate surface area is 135 Å². The molecule has 0 aliphatic rings. The number of carbonyl (C=O) groups is 1. The van der Waals surface area contributed by atoms with E-state index in [1.54, 1.807) is 36.4 Å². The van der Waals surface area contributed by atoms with Crippen molar-refractivity contribution in [2.24, 2.45) is 0 Å². The number of carbonyl (C=O) groups excluding carboxylic acids is 1. The van der Waals surface area contributed by atoms with E-state index in [4.69, 9.17) is 11.6 Å². The van der Waals surface area contributed by atoms with Gasteiger partial charge in [0.25, 0.3) is 0 Å². The quantitative estimate of drug-likeness (QED) is 0.798. The molecule has 1 aromatic heterocycles. The van der Waals surface area contributed by atoms with Gasteiger partial charge in [-0.1, -0.05) is 17.7 Å². The molecule has 0 radical (unpaired) electrons. The molecule has 0 aliphatic carbocycles. The third kappa shape index (κ3) is 3.89. The minimum Gasteiger partial charge on any atom is -0.324 e. The minimum absolute atomic E-state index is 0.0965. The fourth-order valence-corrected chi connectivity index (χ4v) is 2.11. The van der Waals surface area contributed by atoms with Crippen molar-refractivity contribution in [1.29, 1.82) is 0 Å². The lowest BCUT2D eigenvalue weighted by atomic mass is 10.2. The summed E-state index contributed by atoms with van der Waals surface area (Å²) in [5, 5.41) is 15.0. The van der Waals surface area contributed by atoms with Gasteiger partial charge in [0, 0.05) is 16.3 Å². The molecule has 6 nitrogen and oxygen atoms in total. The van der Waals surface area contributed by atoms with Crippen molar-refractivity contribution in [2.75, 3.05) is 5.32 Å². The molecule has 0 atom stereocenters. The average Bonchev–Trinajstić information content (AvgIpc) is 2.96. The first-order chi connectivity index (χ1) is 11.1.